The maximum absolute atomic E-state index is 13.2. The molecule has 0 saturated carbocycles. The van der Waals surface area contributed by atoms with E-state index >= 15 is 0 Å². The lowest BCUT2D eigenvalue weighted by Gasteiger charge is -2.26. The summed E-state index contributed by atoms with van der Waals surface area (Å²) in [6, 6.07) is 7.17. The van der Waals surface area contributed by atoms with Crippen LogP contribution < -0.4 is 14.2 Å². The van der Waals surface area contributed by atoms with Gasteiger partial charge in [0.1, 0.15) is 19.0 Å². The van der Waals surface area contributed by atoms with Crippen molar-refractivity contribution in [1.82, 2.24) is 9.80 Å². The van der Waals surface area contributed by atoms with E-state index < -0.39 is 17.7 Å². The van der Waals surface area contributed by atoms with Crippen molar-refractivity contribution in [1.29, 1.82) is 0 Å². The van der Waals surface area contributed by atoms with Crippen molar-refractivity contribution in [2.75, 3.05) is 47.5 Å². The molecule has 10 heteroatoms. The van der Waals surface area contributed by atoms with E-state index in [1.807, 2.05) is 19.0 Å². The number of phenols is 1. The van der Waals surface area contributed by atoms with E-state index in [0.717, 1.165) is 0 Å². The number of carbonyl (C=O) groups excluding carboxylic acids is 2. The van der Waals surface area contributed by atoms with Crippen LogP contribution in [-0.4, -0.2) is 79.2 Å². The summed E-state index contributed by atoms with van der Waals surface area (Å²) in [5.41, 5.74) is 0.793. The number of ether oxygens (including phenoxy) is 3. The fraction of sp³-hybridized carbons (Fsp3) is 0.360. The number of fused-ring (bicyclic) bond motifs is 1. The zero-order chi connectivity index (χ0) is 25.3. The highest BCUT2D eigenvalue weighted by atomic mass is 79.9. The molecule has 2 aromatic rings. The Hall–Kier alpha value is -3.24. The van der Waals surface area contributed by atoms with Gasteiger partial charge in [-0.2, -0.15) is 0 Å². The normalized spacial score (nSPS) is 18.9. The first-order valence-corrected chi connectivity index (χ1v) is 11.9. The quantitative estimate of drug-likeness (QED) is 0.309. The molecule has 2 aromatic carbocycles. The van der Waals surface area contributed by atoms with Crippen LogP contribution in [0.1, 0.15) is 23.6 Å². The van der Waals surface area contributed by atoms with E-state index in [1.54, 1.807) is 30.3 Å². The molecular formula is C25H27BrN2O7. The number of Topliss-reactive ketones (excluding diaryl/α,β-unsaturated/α-hetero) is 1. The van der Waals surface area contributed by atoms with E-state index in [0.29, 0.717) is 59.8 Å². The minimum Gasteiger partial charge on any atom is -0.507 e. The molecule has 2 N–H and O–H groups in total. The van der Waals surface area contributed by atoms with Crippen LogP contribution in [0, 0.1) is 0 Å². The summed E-state index contributed by atoms with van der Waals surface area (Å²) >= 11 is 3.32. The lowest BCUT2D eigenvalue weighted by Crippen LogP contribution is -2.32. The lowest BCUT2D eigenvalue weighted by molar-refractivity contribution is -0.139. The van der Waals surface area contributed by atoms with E-state index in [1.165, 1.54) is 12.0 Å². The zero-order valence-corrected chi connectivity index (χ0v) is 21.3. The summed E-state index contributed by atoms with van der Waals surface area (Å²) < 4.78 is 16.8. The summed E-state index contributed by atoms with van der Waals surface area (Å²) in [7, 11) is 5.26. The minimum atomic E-state index is -0.879. The molecule has 4 rings (SSSR count). The number of phenolic OH excluding ortho intramolecular Hbond substituents is 1. The number of amides is 1. The first-order chi connectivity index (χ1) is 16.7. The van der Waals surface area contributed by atoms with Crippen LogP contribution in [0.15, 0.2) is 40.4 Å². The summed E-state index contributed by atoms with van der Waals surface area (Å²) in [4.78, 5) is 29.8. The Balaban J connectivity index is 1.84. The van der Waals surface area contributed by atoms with E-state index in [2.05, 4.69) is 15.9 Å². The molecule has 9 nitrogen and oxygen atoms in total. The van der Waals surface area contributed by atoms with Crippen molar-refractivity contribution in [2.45, 2.75) is 12.5 Å². The molecule has 35 heavy (non-hydrogen) atoms. The highest BCUT2D eigenvalue weighted by molar-refractivity contribution is 9.10. The number of hydrogen-bond donors (Lipinski definition) is 2. The van der Waals surface area contributed by atoms with Gasteiger partial charge in [-0.25, -0.2) is 0 Å². The van der Waals surface area contributed by atoms with Crippen LogP contribution in [0.5, 0.6) is 23.0 Å². The number of rotatable bonds is 7. The van der Waals surface area contributed by atoms with Crippen LogP contribution in [-0.2, 0) is 9.59 Å². The highest BCUT2D eigenvalue weighted by Gasteiger charge is 2.46. The molecule has 0 aromatic heterocycles. The standard InChI is InChI=1S/C25H27BrN2O7/c1-27(2)7-4-8-28-21(15-11-16(26)23(30)19(13-15)33-3)20(24(31)25(28)32)22(29)14-5-6-17-18(12-14)35-10-9-34-17/h5-6,11-13,21,29-30H,4,7-10H2,1-3H3/t21-/m0/s1. The van der Waals surface area contributed by atoms with Crippen molar-refractivity contribution >= 4 is 33.4 Å². The number of likely N-dealkylation sites (tertiary alicyclic amines) is 1. The summed E-state index contributed by atoms with van der Waals surface area (Å²) in [5.74, 6) is -0.734. The fourth-order valence-electron chi connectivity index (χ4n) is 4.27. The van der Waals surface area contributed by atoms with Crippen LogP contribution in [0.3, 0.4) is 0 Å². The number of hydrogen-bond acceptors (Lipinski definition) is 8. The van der Waals surface area contributed by atoms with E-state index in [4.69, 9.17) is 14.2 Å². The van der Waals surface area contributed by atoms with Gasteiger partial charge >= 0.3 is 0 Å². The predicted molar refractivity (Wildman–Crippen MR) is 132 cm³/mol. The maximum atomic E-state index is 13.2. The molecule has 1 saturated heterocycles. The van der Waals surface area contributed by atoms with Crippen LogP contribution in [0.25, 0.3) is 5.76 Å². The molecule has 1 fully saturated rings. The third-order valence-corrected chi connectivity index (χ3v) is 6.55. The number of aliphatic hydroxyl groups excluding tert-OH is 1. The van der Waals surface area contributed by atoms with Gasteiger partial charge in [0.25, 0.3) is 11.7 Å². The van der Waals surface area contributed by atoms with Crippen molar-refractivity contribution in [3.05, 3.63) is 51.5 Å². The van der Waals surface area contributed by atoms with Gasteiger partial charge in [0.15, 0.2) is 23.0 Å². The van der Waals surface area contributed by atoms with Gasteiger partial charge in [0.2, 0.25) is 0 Å². The number of carbonyl (C=O) groups is 2. The number of aromatic hydroxyl groups is 1. The van der Waals surface area contributed by atoms with Gasteiger partial charge in [-0.05, 0) is 78.9 Å². The van der Waals surface area contributed by atoms with E-state index in [9.17, 15) is 19.8 Å². The molecule has 0 bridgehead atoms. The molecule has 0 radical (unpaired) electrons. The number of nitrogens with zero attached hydrogens (tertiary/aromatic N) is 2. The van der Waals surface area contributed by atoms with Crippen molar-refractivity contribution in [3.8, 4) is 23.0 Å². The largest absolute Gasteiger partial charge is 0.507 e. The molecule has 1 amide bonds. The Morgan fingerprint density at radius 2 is 1.89 bits per heavy atom. The van der Waals surface area contributed by atoms with E-state index in [-0.39, 0.29) is 22.8 Å². The van der Waals surface area contributed by atoms with Gasteiger partial charge in [0, 0.05) is 12.1 Å². The molecule has 2 aliphatic rings. The molecule has 1 atom stereocenters. The lowest BCUT2D eigenvalue weighted by atomic mass is 9.94. The number of halogens is 1. The Morgan fingerprint density at radius 3 is 2.57 bits per heavy atom. The average Bonchev–Trinajstić information content (AvgIpc) is 3.09. The van der Waals surface area contributed by atoms with Crippen LogP contribution in [0.4, 0.5) is 0 Å². The molecule has 186 valence electrons. The molecule has 2 heterocycles. The number of aliphatic hydroxyl groups is 1. The highest BCUT2D eigenvalue weighted by Crippen LogP contribution is 2.45. The number of benzene rings is 2. The summed E-state index contributed by atoms with van der Waals surface area (Å²) in [6.45, 7) is 1.80. The topological polar surface area (TPSA) is 109 Å². The Morgan fingerprint density at radius 1 is 1.17 bits per heavy atom. The van der Waals surface area contributed by atoms with Gasteiger partial charge in [-0.1, -0.05) is 0 Å². The monoisotopic (exact) mass is 546 g/mol. The smallest absolute Gasteiger partial charge is 0.295 e. The summed E-state index contributed by atoms with van der Waals surface area (Å²) in [5, 5.41) is 21.6. The third kappa shape index (κ3) is 4.81. The first-order valence-electron chi connectivity index (χ1n) is 11.1. The zero-order valence-electron chi connectivity index (χ0n) is 19.7. The molecular weight excluding hydrogens is 520 g/mol. The Labute approximate surface area is 211 Å². The maximum Gasteiger partial charge on any atom is 0.295 e. The van der Waals surface area contributed by atoms with Crippen molar-refractivity contribution in [2.24, 2.45) is 0 Å². The molecule has 0 unspecified atom stereocenters. The Kier molecular flexibility index (Phi) is 7.23. The van der Waals surface area contributed by atoms with Gasteiger partial charge < -0.3 is 34.2 Å². The number of methoxy groups -OCH3 is 1. The second-order valence-electron chi connectivity index (χ2n) is 8.56. The Bertz CT molecular complexity index is 1190. The van der Waals surface area contributed by atoms with Crippen LogP contribution in [0.2, 0.25) is 0 Å². The third-order valence-electron chi connectivity index (χ3n) is 5.95. The molecule has 0 spiro atoms. The minimum absolute atomic E-state index is 0.0452. The SMILES string of the molecule is COc1cc([C@H]2C(=C(O)c3ccc4c(c3)OCCO4)C(=O)C(=O)N2CCCN(C)C)cc(Br)c1O. The first kappa shape index (κ1) is 24.9. The second-order valence-corrected chi connectivity index (χ2v) is 9.42. The fourth-order valence-corrected chi connectivity index (χ4v) is 4.73. The number of ketones is 1. The molecule has 0 aliphatic carbocycles. The van der Waals surface area contributed by atoms with Crippen molar-refractivity contribution in [3.63, 3.8) is 0 Å². The van der Waals surface area contributed by atoms with Gasteiger partial charge in [0.05, 0.1) is 23.2 Å². The predicted octanol–water partition coefficient (Wildman–Crippen LogP) is 3.31. The van der Waals surface area contributed by atoms with Gasteiger partial charge in [-0.3, -0.25) is 9.59 Å². The second kappa shape index (κ2) is 10.2. The average molecular weight is 547 g/mol. The van der Waals surface area contributed by atoms with Crippen molar-refractivity contribution < 1.29 is 34.0 Å². The summed E-state index contributed by atoms with van der Waals surface area (Å²) in [6.07, 6.45) is 0.622. The van der Waals surface area contributed by atoms with Gasteiger partial charge in [-0.15, -0.1) is 0 Å². The van der Waals surface area contributed by atoms with Crippen LogP contribution >= 0.6 is 15.9 Å². The molecule has 2 aliphatic heterocycles.